The maximum absolute atomic E-state index is 6.17. The van der Waals surface area contributed by atoms with Crippen LogP contribution < -0.4 is 5.32 Å². The van der Waals surface area contributed by atoms with E-state index in [1.54, 1.807) is 0 Å². The van der Waals surface area contributed by atoms with Crippen LogP contribution in [0.15, 0.2) is 18.2 Å². The summed E-state index contributed by atoms with van der Waals surface area (Å²) in [6, 6.07) is 6.81. The Morgan fingerprint density at radius 2 is 2.29 bits per heavy atom. The first-order valence-electron chi connectivity index (χ1n) is 8.12. The van der Waals surface area contributed by atoms with E-state index in [1.807, 2.05) is 12.1 Å². The van der Waals surface area contributed by atoms with Gasteiger partial charge in [0.2, 0.25) is 0 Å². The highest BCUT2D eigenvalue weighted by Crippen LogP contribution is 2.44. The fourth-order valence-corrected chi connectivity index (χ4v) is 4.05. The van der Waals surface area contributed by atoms with Crippen LogP contribution in [-0.2, 0) is 5.41 Å². The molecule has 21 heavy (non-hydrogen) atoms. The maximum atomic E-state index is 6.17. The number of hydrogen-bond acceptors (Lipinski definition) is 2. The summed E-state index contributed by atoms with van der Waals surface area (Å²) in [5, 5.41) is 4.34. The Kier molecular flexibility index (Phi) is 3.23. The molecule has 1 saturated heterocycles. The molecule has 2 heterocycles. The van der Waals surface area contributed by atoms with Gasteiger partial charge >= 0.3 is 0 Å². The molecule has 1 aliphatic carbocycles. The van der Waals surface area contributed by atoms with Crippen molar-refractivity contribution in [1.82, 2.24) is 14.9 Å². The highest BCUT2D eigenvalue weighted by Gasteiger charge is 2.41. The second-order valence-electron chi connectivity index (χ2n) is 6.63. The fraction of sp³-hybridized carbons (Fsp3) is 0.588. The molecule has 4 rings (SSSR count). The smallest absolute Gasteiger partial charge is 0.117 e. The van der Waals surface area contributed by atoms with Crippen molar-refractivity contribution in [2.24, 2.45) is 0 Å². The largest absolute Gasteiger partial charge is 0.324 e. The topological polar surface area (TPSA) is 29.9 Å². The number of nitrogens with zero attached hydrogens (tertiary/aromatic N) is 2. The summed E-state index contributed by atoms with van der Waals surface area (Å²) in [5.74, 6) is 1.30. The van der Waals surface area contributed by atoms with Crippen LogP contribution in [0.2, 0.25) is 5.02 Å². The summed E-state index contributed by atoms with van der Waals surface area (Å²) in [4.78, 5) is 5.05. The lowest BCUT2D eigenvalue weighted by Crippen LogP contribution is -2.32. The number of rotatable bonds is 4. The molecular weight excluding hydrogens is 282 g/mol. The standard InChI is InChI=1S/C17H22ClN3/c1-2-7-17(8-9-19-11-17)16-20-14-10-12(18)3-6-15(14)21(16)13-4-5-13/h3,6,10,13,19H,2,4-5,7-9,11H2,1H3. The highest BCUT2D eigenvalue weighted by molar-refractivity contribution is 6.31. The van der Waals surface area contributed by atoms with Crippen molar-refractivity contribution in [3.8, 4) is 0 Å². The number of nitrogens with one attached hydrogen (secondary N) is 1. The quantitative estimate of drug-likeness (QED) is 0.923. The molecule has 1 saturated carbocycles. The summed E-state index contributed by atoms with van der Waals surface area (Å²) in [5.41, 5.74) is 2.54. The minimum Gasteiger partial charge on any atom is -0.324 e. The summed E-state index contributed by atoms with van der Waals surface area (Å²) in [7, 11) is 0. The molecule has 1 N–H and O–H groups in total. The minimum atomic E-state index is 0.211. The van der Waals surface area contributed by atoms with Crippen LogP contribution in [0.3, 0.4) is 0 Å². The van der Waals surface area contributed by atoms with E-state index < -0.39 is 0 Å². The van der Waals surface area contributed by atoms with Crippen LogP contribution >= 0.6 is 11.6 Å². The first-order chi connectivity index (χ1) is 10.2. The van der Waals surface area contributed by atoms with Crippen molar-refractivity contribution < 1.29 is 0 Å². The molecule has 1 unspecified atom stereocenters. The van der Waals surface area contributed by atoms with Crippen molar-refractivity contribution in [1.29, 1.82) is 0 Å². The highest BCUT2D eigenvalue weighted by atomic mass is 35.5. The molecule has 2 aromatic rings. The number of hydrogen-bond donors (Lipinski definition) is 1. The fourth-order valence-electron chi connectivity index (χ4n) is 3.89. The number of benzene rings is 1. The van der Waals surface area contributed by atoms with Gasteiger partial charge in [0.05, 0.1) is 11.0 Å². The Balaban J connectivity index is 1.92. The second kappa shape index (κ2) is 4.99. The van der Waals surface area contributed by atoms with E-state index in [4.69, 9.17) is 16.6 Å². The normalized spacial score (nSPS) is 25.8. The van der Waals surface area contributed by atoms with Gasteiger partial charge in [0, 0.05) is 23.0 Å². The Labute approximate surface area is 130 Å². The zero-order valence-electron chi connectivity index (χ0n) is 12.5. The average Bonchev–Trinajstić information content (AvgIpc) is 3.07. The Morgan fingerprint density at radius 1 is 1.43 bits per heavy atom. The van der Waals surface area contributed by atoms with Gasteiger partial charge in [-0.1, -0.05) is 24.9 Å². The zero-order valence-corrected chi connectivity index (χ0v) is 13.3. The molecule has 1 aromatic carbocycles. The molecule has 0 spiro atoms. The predicted octanol–water partition coefficient (Wildman–Crippen LogP) is 4.06. The minimum absolute atomic E-state index is 0.211. The lowest BCUT2D eigenvalue weighted by Gasteiger charge is -2.28. The van der Waals surface area contributed by atoms with Gasteiger partial charge in [-0.15, -0.1) is 0 Å². The lowest BCUT2D eigenvalue weighted by atomic mass is 9.81. The molecule has 112 valence electrons. The molecule has 3 nitrogen and oxygen atoms in total. The Bertz CT molecular complexity index is 666. The van der Waals surface area contributed by atoms with Gasteiger partial charge in [0.25, 0.3) is 0 Å². The van der Waals surface area contributed by atoms with Gasteiger partial charge in [-0.2, -0.15) is 0 Å². The van der Waals surface area contributed by atoms with Crippen LogP contribution in [0.5, 0.6) is 0 Å². The number of aromatic nitrogens is 2. The van der Waals surface area contributed by atoms with E-state index in [-0.39, 0.29) is 5.41 Å². The molecule has 4 heteroatoms. The van der Waals surface area contributed by atoms with E-state index in [0.717, 1.165) is 23.6 Å². The predicted molar refractivity (Wildman–Crippen MR) is 87.1 cm³/mol. The summed E-state index contributed by atoms with van der Waals surface area (Å²) >= 11 is 6.17. The molecule has 2 fully saturated rings. The van der Waals surface area contributed by atoms with Crippen LogP contribution in [0.1, 0.15) is 50.9 Å². The van der Waals surface area contributed by atoms with E-state index in [9.17, 15) is 0 Å². The first kappa shape index (κ1) is 13.6. The third-order valence-corrected chi connectivity index (χ3v) is 5.25. The molecule has 2 aliphatic rings. The summed E-state index contributed by atoms with van der Waals surface area (Å²) in [6.07, 6.45) is 6.19. The zero-order chi connectivity index (χ0) is 14.4. The molecule has 0 radical (unpaired) electrons. The first-order valence-corrected chi connectivity index (χ1v) is 8.50. The Hall–Kier alpha value is -1.06. The van der Waals surface area contributed by atoms with E-state index >= 15 is 0 Å². The lowest BCUT2D eigenvalue weighted by molar-refractivity contribution is 0.386. The van der Waals surface area contributed by atoms with Gasteiger partial charge in [-0.05, 0) is 50.4 Å². The molecule has 0 bridgehead atoms. The van der Waals surface area contributed by atoms with Crippen LogP contribution in [0.25, 0.3) is 11.0 Å². The summed E-state index contributed by atoms with van der Waals surface area (Å²) < 4.78 is 2.52. The number of imidazole rings is 1. The molecule has 0 amide bonds. The van der Waals surface area contributed by atoms with Crippen molar-refractivity contribution in [2.75, 3.05) is 13.1 Å². The monoisotopic (exact) mass is 303 g/mol. The number of halogens is 1. The van der Waals surface area contributed by atoms with Gasteiger partial charge in [-0.3, -0.25) is 0 Å². The van der Waals surface area contributed by atoms with E-state index in [0.29, 0.717) is 6.04 Å². The molecule has 1 atom stereocenters. The van der Waals surface area contributed by atoms with Crippen molar-refractivity contribution in [2.45, 2.75) is 50.5 Å². The molecular formula is C17H22ClN3. The van der Waals surface area contributed by atoms with Crippen LogP contribution in [0.4, 0.5) is 0 Å². The van der Waals surface area contributed by atoms with Crippen LogP contribution in [0, 0.1) is 0 Å². The SMILES string of the molecule is CCCC1(c2nc3cc(Cl)ccc3n2C2CC2)CCNC1. The Morgan fingerprint density at radius 3 is 2.95 bits per heavy atom. The maximum Gasteiger partial charge on any atom is 0.117 e. The van der Waals surface area contributed by atoms with Crippen molar-refractivity contribution >= 4 is 22.6 Å². The van der Waals surface area contributed by atoms with E-state index in [2.05, 4.69) is 22.9 Å². The third-order valence-electron chi connectivity index (χ3n) is 5.01. The molecule has 1 aliphatic heterocycles. The summed E-state index contributed by atoms with van der Waals surface area (Å²) in [6.45, 7) is 4.44. The van der Waals surface area contributed by atoms with Crippen molar-refractivity contribution in [3.05, 3.63) is 29.0 Å². The van der Waals surface area contributed by atoms with Gasteiger partial charge < -0.3 is 9.88 Å². The number of fused-ring (bicyclic) bond motifs is 1. The average molecular weight is 304 g/mol. The van der Waals surface area contributed by atoms with Gasteiger partial charge in [0.15, 0.2) is 0 Å². The second-order valence-corrected chi connectivity index (χ2v) is 7.06. The van der Waals surface area contributed by atoms with E-state index in [1.165, 1.54) is 43.4 Å². The van der Waals surface area contributed by atoms with Crippen LogP contribution in [-0.4, -0.2) is 22.6 Å². The van der Waals surface area contributed by atoms with Crippen molar-refractivity contribution in [3.63, 3.8) is 0 Å². The third kappa shape index (κ3) is 2.18. The van der Waals surface area contributed by atoms with Gasteiger partial charge in [-0.25, -0.2) is 4.98 Å². The molecule has 1 aromatic heterocycles. The van der Waals surface area contributed by atoms with Gasteiger partial charge in [0.1, 0.15) is 5.82 Å².